The number of carbonyl (C=O) groups excluding carboxylic acids is 1. The quantitative estimate of drug-likeness (QED) is 0.824. The van der Waals surface area contributed by atoms with Gasteiger partial charge in [0.25, 0.3) is 5.91 Å². The number of benzene rings is 1. The molecule has 1 aliphatic carbocycles. The minimum atomic E-state index is -0.0992. The number of hydrogen-bond donors (Lipinski definition) is 1. The predicted octanol–water partition coefficient (Wildman–Crippen LogP) is 4.19. The van der Waals surface area contributed by atoms with Crippen LogP contribution in [0.25, 0.3) is 11.4 Å². The number of nitrogens with zero attached hydrogens (tertiary/aromatic N) is 2. The monoisotopic (exact) mass is 373 g/mol. The van der Waals surface area contributed by atoms with Crippen molar-refractivity contribution in [2.24, 2.45) is 0 Å². The van der Waals surface area contributed by atoms with Gasteiger partial charge < -0.3 is 10.1 Å². The van der Waals surface area contributed by atoms with Crippen molar-refractivity contribution >= 4 is 17.5 Å². The number of halogens is 1. The normalized spacial score (nSPS) is 14.8. The molecule has 0 saturated heterocycles. The number of nitrogens with one attached hydrogen (secondary N) is 1. The van der Waals surface area contributed by atoms with Crippen molar-refractivity contribution in [1.29, 1.82) is 0 Å². The fourth-order valence-electron chi connectivity index (χ4n) is 3.14. The maximum absolute atomic E-state index is 12.1. The highest BCUT2D eigenvalue weighted by Crippen LogP contribution is 2.22. The van der Waals surface area contributed by atoms with Gasteiger partial charge in [0, 0.05) is 28.4 Å². The summed E-state index contributed by atoms with van der Waals surface area (Å²) in [5, 5.41) is 3.67. The van der Waals surface area contributed by atoms with Crippen molar-refractivity contribution in [3.05, 3.63) is 41.0 Å². The van der Waals surface area contributed by atoms with Gasteiger partial charge in [-0.2, -0.15) is 4.98 Å². The molecule has 2 aromatic rings. The van der Waals surface area contributed by atoms with Crippen molar-refractivity contribution in [2.75, 3.05) is 6.61 Å². The Kier molecular flexibility index (Phi) is 6.45. The van der Waals surface area contributed by atoms with E-state index in [0.717, 1.165) is 30.5 Å². The van der Waals surface area contributed by atoms with Gasteiger partial charge in [-0.3, -0.25) is 4.79 Å². The van der Waals surface area contributed by atoms with E-state index >= 15 is 0 Å². The molecule has 1 saturated carbocycles. The van der Waals surface area contributed by atoms with Gasteiger partial charge >= 0.3 is 0 Å². The molecule has 6 heteroatoms. The number of amides is 1. The summed E-state index contributed by atoms with van der Waals surface area (Å²) < 4.78 is 5.65. The fraction of sp³-hybridized carbons (Fsp3) is 0.450. The lowest BCUT2D eigenvalue weighted by molar-refractivity contribution is -0.124. The largest absolute Gasteiger partial charge is 0.467 e. The molecule has 26 heavy (non-hydrogen) atoms. The van der Waals surface area contributed by atoms with Crippen LogP contribution in [0.15, 0.2) is 30.3 Å². The molecule has 1 aromatic carbocycles. The van der Waals surface area contributed by atoms with E-state index in [1.54, 1.807) is 6.07 Å². The highest BCUT2D eigenvalue weighted by Gasteiger charge is 2.16. The smallest absolute Gasteiger partial charge is 0.258 e. The predicted molar refractivity (Wildman–Crippen MR) is 102 cm³/mol. The molecule has 3 rings (SSSR count). The Morgan fingerprint density at radius 1 is 1.23 bits per heavy atom. The van der Waals surface area contributed by atoms with Gasteiger partial charge in [-0.05, 0) is 31.4 Å². The lowest BCUT2D eigenvalue weighted by Gasteiger charge is -2.22. The first-order valence-corrected chi connectivity index (χ1v) is 9.58. The van der Waals surface area contributed by atoms with Crippen LogP contribution in [0.2, 0.25) is 5.02 Å². The SMILES string of the molecule is CCc1cc(OCC(=O)NC2CCCCC2)nc(-c2cccc(Cl)c2)n1. The molecule has 1 N–H and O–H groups in total. The second kappa shape index (κ2) is 8.99. The molecular formula is C20H24ClN3O2. The van der Waals surface area contributed by atoms with Crippen LogP contribution < -0.4 is 10.1 Å². The summed E-state index contributed by atoms with van der Waals surface area (Å²) >= 11 is 6.06. The minimum absolute atomic E-state index is 0.0361. The van der Waals surface area contributed by atoms with Crippen LogP contribution in [-0.4, -0.2) is 28.5 Å². The van der Waals surface area contributed by atoms with Gasteiger partial charge in [-0.15, -0.1) is 0 Å². The maximum Gasteiger partial charge on any atom is 0.258 e. The molecule has 0 bridgehead atoms. The topological polar surface area (TPSA) is 64.1 Å². The third kappa shape index (κ3) is 5.18. The standard InChI is InChI=1S/C20H24ClN3O2/c1-2-16-12-19(24-20(23-16)14-7-6-8-15(21)11-14)26-13-18(25)22-17-9-4-3-5-10-17/h6-8,11-12,17H,2-5,9-10,13H2,1H3,(H,22,25). The van der Waals surface area contributed by atoms with Crippen LogP contribution in [0.4, 0.5) is 0 Å². The van der Waals surface area contributed by atoms with Gasteiger partial charge in [0.2, 0.25) is 5.88 Å². The summed E-state index contributed by atoms with van der Waals surface area (Å²) in [6.07, 6.45) is 6.48. The zero-order valence-electron chi connectivity index (χ0n) is 15.0. The minimum Gasteiger partial charge on any atom is -0.467 e. The molecule has 1 fully saturated rings. The van der Waals surface area contributed by atoms with E-state index in [-0.39, 0.29) is 18.6 Å². The zero-order valence-corrected chi connectivity index (χ0v) is 15.8. The first-order chi connectivity index (χ1) is 12.6. The molecule has 1 aromatic heterocycles. The van der Waals surface area contributed by atoms with Crippen LogP contribution in [0.3, 0.4) is 0 Å². The first-order valence-electron chi connectivity index (χ1n) is 9.20. The third-order valence-corrected chi connectivity index (χ3v) is 4.76. The highest BCUT2D eigenvalue weighted by molar-refractivity contribution is 6.30. The molecule has 138 valence electrons. The van der Waals surface area contributed by atoms with Crippen LogP contribution in [0, 0.1) is 0 Å². The Morgan fingerprint density at radius 2 is 2.04 bits per heavy atom. The van der Waals surface area contributed by atoms with E-state index in [1.165, 1.54) is 19.3 Å². The second-order valence-electron chi connectivity index (χ2n) is 6.58. The second-order valence-corrected chi connectivity index (χ2v) is 7.01. The maximum atomic E-state index is 12.1. The van der Waals surface area contributed by atoms with Gasteiger partial charge in [-0.1, -0.05) is 49.9 Å². The van der Waals surface area contributed by atoms with Gasteiger partial charge in [0.15, 0.2) is 12.4 Å². The fourth-order valence-corrected chi connectivity index (χ4v) is 3.33. The van der Waals surface area contributed by atoms with Crippen LogP contribution in [-0.2, 0) is 11.2 Å². The van der Waals surface area contributed by atoms with E-state index in [2.05, 4.69) is 15.3 Å². The van der Waals surface area contributed by atoms with E-state index in [0.29, 0.717) is 16.7 Å². The Labute approximate surface area is 159 Å². The molecule has 0 spiro atoms. The summed E-state index contributed by atoms with van der Waals surface area (Å²) in [4.78, 5) is 21.1. The van der Waals surface area contributed by atoms with E-state index < -0.39 is 0 Å². The summed E-state index contributed by atoms with van der Waals surface area (Å²) in [6, 6.07) is 9.44. The first kappa shape index (κ1) is 18.6. The van der Waals surface area contributed by atoms with Crippen LogP contribution in [0.1, 0.15) is 44.7 Å². The molecule has 5 nitrogen and oxygen atoms in total. The third-order valence-electron chi connectivity index (χ3n) is 4.52. The summed E-state index contributed by atoms with van der Waals surface area (Å²) in [5.74, 6) is 0.859. The number of carbonyl (C=O) groups is 1. The van der Waals surface area contributed by atoms with Crippen LogP contribution in [0.5, 0.6) is 5.88 Å². The van der Waals surface area contributed by atoms with Crippen molar-refractivity contribution in [2.45, 2.75) is 51.5 Å². The zero-order chi connectivity index (χ0) is 18.4. The number of ether oxygens (including phenoxy) is 1. The number of hydrogen-bond acceptors (Lipinski definition) is 4. The van der Waals surface area contributed by atoms with Crippen LogP contribution >= 0.6 is 11.6 Å². The average molecular weight is 374 g/mol. The highest BCUT2D eigenvalue weighted by atomic mass is 35.5. The van der Waals surface area contributed by atoms with Crippen molar-refractivity contribution in [3.8, 4) is 17.3 Å². The van der Waals surface area contributed by atoms with Gasteiger partial charge in [0.05, 0.1) is 0 Å². The molecule has 0 radical (unpaired) electrons. The van der Waals surface area contributed by atoms with Crippen molar-refractivity contribution in [3.63, 3.8) is 0 Å². The van der Waals surface area contributed by atoms with Crippen molar-refractivity contribution < 1.29 is 9.53 Å². The van der Waals surface area contributed by atoms with Crippen molar-refractivity contribution in [1.82, 2.24) is 15.3 Å². The van der Waals surface area contributed by atoms with E-state index in [4.69, 9.17) is 16.3 Å². The molecule has 0 aliphatic heterocycles. The number of aryl methyl sites for hydroxylation is 1. The molecule has 1 aliphatic rings. The Balaban J connectivity index is 1.67. The molecular weight excluding hydrogens is 350 g/mol. The molecule has 0 atom stereocenters. The lowest BCUT2D eigenvalue weighted by Crippen LogP contribution is -2.39. The van der Waals surface area contributed by atoms with Gasteiger partial charge in [-0.25, -0.2) is 4.98 Å². The molecule has 1 heterocycles. The summed E-state index contributed by atoms with van der Waals surface area (Å²) in [7, 11) is 0. The number of rotatable bonds is 6. The number of aromatic nitrogens is 2. The summed E-state index contributed by atoms with van der Waals surface area (Å²) in [6.45, 7) is 1.98. The van der Waals surface area contributed by atoms with E-state index in [1.807, 2.05) is 31.2 Å². The summed E-state index contributed by atoms with van der Waals surface area (Å²) in [5.41, 5.74) is 1.68. The molecule has 1 amide bonds. The molecule has 0 unspecified atom stereocenters. The van der Waals surface area contributed by atoms with Gasteiger partial charge in [0.1, 0.15) is 0 Å². The Bertz CT molecular complexity index is 760. The van der Waals surface area contributed by atoms with E-state index in [9.17, 15) is 4.79 Å². The Morgan fingerprint density at radius 3 is 2.77 bits per heavy atom. The Hall–Kier alpha value is -2.14. The average Bonchev–Trinajstić information content (AvgIpc) is 2.67. The lowest BCUT2D eigenvalue weighted by atomic mass is 9.95.